The number of amides is 1. The van der Waals surface area contributed by atoms with Gasteiger partial charge in [0, 0.05) is 11.1 Å². The summed E-state index contributed by atoms with van der Waals surface area (Å²) in [6.07, 6.45) is 3.01. The topological polar surface area (TPSA) is 80.6 Å². The van der Waals surface area contributed by atoms with Gasteiger partial charge in [-0.3, -0.25) is 10.2 Å². The van der Waals surface area contributed by atoms with Gasteiger partial charge in [-0.2, -0.15) is 0 Å². The first-order chi connectivity index (χ1) is 14.3. The number of hydrazine groups is 1. The number of nitrogens with one attached hydrogen (secondary N) is 1. The van der Waals surface area contributed by atoms with Gasteiger partial charge in [0.25, 0.3) is 5.91 Å². The number of halogens is 1. The van der Waals surface area contributed by atoms with Crippen molar-refractivity contribution in [2.75, 3.05) is 6.26 Å². The summed E-state index contributed by atoms with van der Waals surface area (Å²) < 4.78 is 26.4. The zero-order valence-electron chi connectivity index (χ0n) is 15.8. The Labute approximate surface area is 183 Å². The lowest BCUT2D eigenvalue weighted by Gasteiger charge is -2.25. The normalized spacial score (nSPS) is 16.1. The molecule has 1 aliphatic rings. The Bertz CT molecular complexity index is 1210. The zero-order valence-corrected chi connectivity index (χ0v) is 18.2. The molecular formula is C21H17ClN3O3S2-. The standard InChI is InChI=1S/C21H17ClN3O3S2/c1-30(27,28)24-15-10-8-14(9-11-15)18-13-19(20-7-4-12-29-20)25(23-18)21(26)16-5-2-3-6-17(16)22/h2-13,19,23H,1H3/q-1. The van der Waals surface area contributed by atoms with Gasteiger partial charge in [-0.25, -0.2) is 13.4 Å². The Kier molecular flexibility index (Phi) is 5.55. The molecule has 0 aliphatic carbocycles. The van der Waals surface area contributed by atoms with E-state index in [0.29, 0.717) is 16.3 Å². The van der Waals surface area contributed by atoms with Crippen molar-refractivity contribution in [3.63, 3.8) is 0 Å². The Morgan fingerprint density at radius 1 is 1.10 bits per heavy atom. The Balaban J connectivity index is 1.65. The van der Waals surface area contributed by atoms with Crippen LogP contribution in [0.4, 0.5) is 5.69 Å². The summed E-state index contributed by atoms with van der Waals surface area (Å²) in [7, 11) is -3.47. The highest BCUT2D eigenvalue weighted by molar-refractivity contribution is 7.93. The van der Waals surface area contributed by atoms with Gasteiger partial charge in [0.1, 0.15) is 6.04 Å². The number of benzene rings is 2. The van der Waals surface area contributed by atoms with Gasteiger partial charge in [-0.05, 0) is 35.2 Å². The van der Waals surface area contributed by atoms with Crippen molar-refractivity contribution < 1.29 is 13.2 Å². The van der Waals surface area contributed by atoms with Gasteiger partial charge in [-0.1, -0.05) is 54.1 Å². The van der Waals surface area contributed by atoms with E-state index in [0.717, 1.165) is 22.4 Å². The van der Waals surface area contributed by atoms with Crippen LogP contribution in [0, 0.1) is 0 Å². The quantitative estimate of drug-likeness (QED) is 0.576. The van der Waals surface area contributed by atoms with Crippen molar-refractivity contribution in [3.05, 3.63) is 97.9 Å². The number of carbonyl (C=O) groups is 1. The molecule has 30 heavy (non-hydrogen) atoms. The van der Waals surface area contributed by atoms with E-state index < -0.39 is 10.0 Å². The summed E-state index contributed by atoms with van der Waals surface area (Å²) in [6.45, 7) is 0. The molecule has 0 spiro atoms. The first-order valence-electron chi connectivity index (χ1n) is 8.95. The molecule has 1 N–H and O–H groups in total. The molecule has 3 aromatic rings. The molecule has 2 heterocycles. The molecule has 0 saturated carbocycles. The number of hydrogen-bond acceptors (Lipinski definition) is 5. The molecule has 0 bridgehead atoms. The van der Waals surface area contributed by atoms with Gasteiger partial charge in [0.2, 0.25) is 0 Å². The lowest BCUT2D eigenvalue weighted by atomic mass is 10.1. The van der Waals surface area contributed by atoms with E-state index in [1.54, 1.807) is 64.9 Å². The van der Waals surface area contributed by atoms with E-state index in [-0.39, 0.29) is 11.9 Å². The predicted molar refractivity (Wildman–Crippen MR) is 120 cm³/mol. The molecule has 154 valence electrons. The number of sulfonamides is 1. The number of hydrogen-bond donors (Lipinski definition) is 1. The lowest BCUT2D eigenvalue weighted by molar-refractivity contribution is 0.0675. The average Bonchev–Trinajstić information content (AvgIpc) is 3.37. The second kappa shape index (κ2) is 8.14. The van der Waals surface area contributed by atoms with Crippen molar-refractivity contribution in [1.29, 1.82) is 0 Å². The summed E-state index contributed by atoms with van der Waals surface area (Å²) in [5, 5.41) is 3.90. The van der Waals surface area contributed by atoms with E-state index in [4.69, 9.17) is 11.6 Å². The predicted octanol–water partition coefficient (Wildman–Crippen LogP) is 5.11. The maximum atomic E-state index is 13.2. The molecule has 1 aromatic heterocycles. The van der Waals surface area contributed by atoms with Crippen LogP contribution in [0.3, 0.4) is 0 Å². The Hall–Kier alpha value is -2.81. The molecule has 0 saturated heterocycles. The number of rotatable bonds is 5. The van der Waals surface area contributed by atoms with Crippen LogP contribution in [-0.4, -0.2) is 25.6 Å². The van der Waals surface area contributed by atoms with Gasteiger partial charge < -0.3 is 4.72 Å². The molecule has 0 fully saturated rings. The van der Waals surface area contributed by atoms with E-state index >= 15 is 0 Å². The highest BCUT2D eigenvalue weighted by Gasteiger charge is 2.32. The maximum Gasteiger partial charge on any atom is 0.274 e. The maximum absolute atomic E-state index is 13.2. The fraction of sp³-hybridized carbons (Fsp3) is 0.0952. The van der Waals surface area contributed by atoms with Crippen LogP contribution >= 0.6 is 22.9 Å². The molecule has 1 atom stereocenters. The third-order valence-electron chi connectivity index (χ3n) is 4.45. The second-order valence-corrected chi connectivity index (χ2v) is 9.71. The van der Waals surface area contributed by atoms with E-state index in [9.17, 15) is 13.2 Å². The largest absolute Gasteiger partial charge is 0.577 e. The van der Waals surface area contributed by atoms with Gasteiger partial charge in [0.15, 0.2) is 0 Å². The zero-order chi connectivity index (χ0) is 21.3. The van der Waals surface area contributed by atoms with E-state index in [1.807, 2.05) is 23.6 Å². The van der Waals surface area contributed by atoms with Gasteiger partial charge >= 0.3 is 0 Å². The average molecular weight is 459 g/mol. The Morgan fingerprint density at radius 2 is 1.83 bits per heavy atom. The van der Waals surface area contributed by atoms with Crippen LogP contribution in [-0.2, 0) is 10.0 Å². The van der Waals surface area contributed by atoms with E-state index in [2.05, 4.69) is 10.1 Å². The molecule has 1 unspecified atom stereocenters. The minimum absolute atomic E-state index is 0.242. The lowest BCUT2D eigenvalue weighted by Crippen LogP contribution is -2.39. The molecule has 1 aliphatic heterocycles. The van der Waals surface area contributed by atoms with Crippen molar-refractivity contribution in [2.24, 2.45) is 0 Å². The highest BCUT2D eigenvalue weighted by atomic mass is 35.5. The Morgan fingerprint density at radius 3 is 2.47 bits per heavy atom. The number of thiophene rings is 1. The monoisotopic (exact) mass is 458 g/mol. The molecule has 9 heteroatoms. The van der Waals surface area contributed by atoms with Crippen LogP contribution in [0.1, 0.15) is 26.8 Å². The minimum atomic E-state index is -3.47. The van der Waals surface area contributed by atoms with Crippen LogP contribution in [0.15, 0.2) is 72.1 Å². The van der Waals surface area contributed by atoms with Crippen LogP contribution < -0.4 is 5.43 Å². The number of nitrogens with zero attached hydrogens (tertiary/aromatic N) is 2. The van der Waals surface area contributed by atoms with Crippen molar-refractivity contribution in [1.82, 2.24) is 10.4 Å². The fourth-order valence-electron chi connectivity index (χ4n) is 3.13. The molecule has 1 amide bonds. The first-order valence-corrected chi connectivity index (χ1v) is 12.1. The number of carbonyl (C=O) groups excluding carboxylic acids is 1. The summed E-state index contributed by atoms with van der Waals surface area (Å²) in [4.78, 5) is 14.2. The molecule has 2 aromatic carbocycles. The molecule has 6 nitrogen and oxygen atoms in total. The summed E-state index contributed by atoms with van der Waals surface area (Å²) >= 11 is 7.80. The fourth-order valence-corrected chi connectivity index (χ4v) is 4.64. The van der Waals surface area contributed by atoms with Crippen molar-refractivity contribution in [3.8, 4) is 0 Å². The second-order valence-electron chi connectivity index (χ2n) is 6.68. The summed E-state index contributed by atoms with van der Waals surface area (Å²) in [5.74, 6) is -0.242. The minimum Gasteiger partial charge on any atom is -0.577 e. The SMILES string of the molecule is CS(=O)(=O)[N-]c1ccc(C2=CC(c3cccs3)N(C(=O)c3ccccc3Cl)N2)cc1. The van der Waals surface area contributed by atoms with Gasteiger partial charge in [-0.15, -0.1) is 17.0 Å². The van der Waals surface area contributed by atoms with Crippen LogP contribution in [0.2, 0.25) is 5.02 Å². The third kappa shape index (κ3) is 4.35. The van der Waals surface area contributed by atoms with Gasteiger partial charge in [0.05, 0.1) is 26.3 Å². The van der Waals surface area contributed by atoms with Crippen LogP contribution in [0.5, 0.6) is 0 Å². The molecular weight excluding hydrogens is 442 g/mol. The van der Waals surface area contributed by atoms with Crippen molar-refractivity contribution >= 4 is 50.3 Å². The first kappa shape index (κ1) is 20.5. The van der Waals surface area contributed by atoms with Crippen molar-refractivity contribution in [2.45, 2.75) is 6.04 Å². The smallest absolute Gasteiger partial charge is 0.274 e. The highest BCUT2D eigenvalue weighted by Crippen LogP contribution is 2.36. The summed E-state index contributed by atoms with van der Waals surface area (Å²) in [6, 6.07) is 17.3. The third-order valence-corrected chi connectivity index (χ3v) is 6.27. The van der Waals surface area contributed by atoms with Crippen LogP contribution in [0.25, 0.3) is 10.4 Å². The van der Waals surface area contributed by atoms with E-state index in [1.165, 1.54) is 0 Å². The molecule has 0 radical (unpaired) electrons. The molecule has 4 rings (SSSR count). The summed E-state index contributed by atoms with van der Waals surface area (Å²) in [5.41, 5.74) is 5.48.